The average Bonchev–Trinajstić information content (AvgIpc) is 2.69. The largest absolute Gasteiger partial charge is 0.317 e. The molecule has 0 amide bonds. The molecule has 0 aromatic carbocycles. The van der Waals surface area contributed by atoms with Crippen LogP contribution >= 0.6 is 0 Å². The highest BCUT2D eigenvalue weighted by molar-refractivity contribution is 4.87. The minimum absolute atomic E-state index is 0.771. The van der Waals surface area contributed by atoms with Crippen molar-refractivity contribution in [2.24, 2.45) is 5.92 Å². The van der Waals surface area contributed by atoms with Crippen LogP contribution in [0.1, 0.15) is 46.5 Å². The van der Waals surface area contributed by atoms with Gasteiger partial charge in [-0.2, -0.15) is 0 Å². The van der Waals surface area contributed by atoms with Gasteiger partial charge in [0.05, 0.1) is 0 Å². The number of piperidine rings is 1. The number of nitrogens with zero attached hydrogens (tertiary/aromatic N) is 2. The molecule has 3 heteroatoms. The molecule has 2 saturated heterocycles. The zero-order valence-electron chi connectivity index (χ0n) is 13.2. The Morgan fingerprint density at radius 3 is 2.53 bits per heavy atom. The molecular weight excluding hydrogens is 234 g/mol. The molecule has 112 valence electrons. The molecule has 2 unspecified atom stereocenters. The molecule has 0 spiro atoms. The summed E-state index contributed by atoms with van der Waals surface area (Å²) in [5.41, 5.74) is 0. The predicted octanol–water partition coefficient (Wildman–Crippen LogP) is 2.18. The summed E-state index contributed by atoms with van der Waals surface area (Å²) in [6.07, 6.45) is 5.35. The van der Waals surface area contributed by atoms with Gasteiger partial charge >= 0.3 is 0 Å². The normalized spacial score (nSPS) is 30.2. The zero-order chi connectivity index (χ0) is 13.7. The number of hydrogen-bond acceptors (Lipinski definition) is 3. The van der Waals surface area contributed by atoms with E-state index in [4.69, 9.17) is 0 Å². The van der Waals surface area contributed by atoms with Crippen molar-refractivity contribution in [3.05, 3.63) is 0 Å². The topological polar surface area (TPSA) is 18.5 Å². The molecule has 1 N–H and O–H groups in total. The summed E-state index contributed by atoms with van der Waals surface area (Å²) in [4.78, 5) is 5.54. The molecule has 19 heavy (non-hydrogen) atoms. The van der Waals surface area contributed by atoms with E-state index in [1.165, 1.54) is 65.0 Å². The van der Waals surface area contributed by atoms with Crippen LogP contribution in [-0.4, -0.2) is 61.2 Å². The molecule has 2 rings (SSSR count). The van der Waals surface area contributed by atoms with E-state index in [1.807, 2.05) is 0 Å². The number of likely N-dealkylation sites (N-methyl/N-ethyl adjacent to an activating group) is 1. The van der Waals surface area contributed by atoms with Gasteiger partial charge in [0.1, 0.15) is 0 Å². The minimum Gasteiger partial charge on any atom is -0.317 e. The molecule has 2 fully saturated rings. The van der Waals surface area contributed by atoms with E-state index >= 15 is 0 Å². The lowest BCUT2D eigenvalue weighted by Gasteiger charge is -2.39. The van der Waals surface area contributed by atoms with Gasteiger partial charge in [0.25, 0.3) is 0 Å². The molecule has 0 aliphatic carbocycles. The van der Waals surface area contributed by atoms with Crippen LogP contribution in [0.5, 0.6) is 0 Å². The Labute approximate surface area is 119 Å². The molecule has 2 heterocycles. The van der Waals surface area contributed by atoms with Crippen LogP contribution in [0.25, 0.3) is 0 Å². The third-order valence-electron chi connectivity index (χ3n) is 5.31. The Bertz CT molecular complexity index is 250. The van der Waals surface area contributed by atoms with E-state index in [0.717, 1.165) is 18.0 Å². The molecule has 0 bridgehead atoms. The lowest BCUT2D eigenvalue weighted by Crippen LogP contribution is -2.49. The van der Waals surface area contributed by atoms with Crippen LogP contribution in [0, 0.1) is 5.92 Å². The Balaban J connectivity index is 2.01. The second-order valence-electron chi connectivity index (χ2n) is 6.41. The highest BCUT2D eigenvalue weighted by atomic mass is 15.3. The summed E-state index contributed by atoms with van der Waals surface area (Å²) < 4.78 is 0. The van der Waals surface area contributed by atoms with Crippen molar-refractivity contribution >= 4 is 0 Å². The van der Waals surface area contributed by atoms with Crippen molar-refractivity contribution in [2.75, 3.05) is 39.3 Å². The van der Waals surface area contributed by atoms with Crippen LogP contribution in [-0.2, 0) is 0 Å². The highest BCUT2D eigenvalue weighted by Gasteiger charge is 2.30. The first kappa shape index (κ1) is 15.3. The Morgan fingerprint density at radius 1 is 1.16 bits per heavy atom. The third-order valence-corrected chi connectivity index (χ3v) is 5.31. The summed E-state index contributed by atoms with van der Waals surface area (Å²) in [7, 11) is 0. The molecule has 0 saturated carbocycles. The molecule has 0 aromatic rings. The van der Waals surface area contributed by atoms with Gasteiger partial charge in [0.2, 0.25) is 0 Å². The predicted molar refractivity (Wildman–Crippen MR) is 82.6 cm³/mol. The van der Waals surface area contributed by atoms with Gasteiger partial charge in [-0.15, -0.1) is 0 Å². The highest BCUT2D eigenvalue weighted by Crippen LogP contribution is 2.23. The van der Waals surface area contributed by atoms with Crippen molar-refractivity contribution in [2.45, 2.75) is 58.5 Å². The first-order valence-corrected chi connectivity index (χ1v) is 8.45. The first-order chi connectivity index (χ1) is 9.26. The molecule has 2 atom stereocenters. The van der Waals surface area contributed by atoms with Crippen LogP contribution in [0.3, 0.4) is 0 Å². The number of nitrogens with one attached hydrogen (secondary N) is 1. The first-order valence-electron chi connectivity index (χ1n) is 8.45. The van der Waals surface area contributed by atoms with E-state index in [9.17, 15) is 0 Å². The fraction of sp³-hybridized carbons (Fsp3) is 1.00. The molecule has 0 radical (unpaired) electrons. The van der Waals surface area contributed by atoms with Gasteiger partial charge in [0, 0.05) is 18.6 Å². The molecular formula is C16H33N3. The van der Waals surface area contributed by atoms with Crippen LogP contribution in [0.15, 0.2) is 0 Å². The van der Waals surface area contributed by atoms with Gasteiger partial charge in [-0.1, -0.05) is 27.2 Å². The molecule has 0 aromatic heterocycles. The summed E-state index contributed by atoms with van der Waals surface area (Å²) in [6.45, 7) is 14.7. The number of hydrogen-bond donors (Lipinski definition) is 1. The van der Waals surface area contributed by atoms with Crippen LogP contribution in [0.4, 0.5) is 0 Å². The third kappa shape index (κ3) is 3.93. The Morgan fingerprint density at radius 2 is 1.89 bits per heavy atom. The van der Waals surface area contributed by atoms with Gasteiger partial charge in [-0.05, 0) is 57.9 Å². The van der Waals surface area contributed by atoms with E-state index in [1.54, 1.807) is 0 Å². The maximum absolute atomic E-state index is 3.50. The van der Waals surface area contributed by atoms with Crippen molar-refractivity contribution in [1.29, 1.82) is 0 Å². The van der Waals surface area contributed by atoms with Gasteiger partial charge in [0.15, 0.2) is 0 Å². The van der Waals surface area contributed by atoms with E-state index < -0.39 is 0 Å². The second-order valence-corrected chi connectivity index (χ2v) is 6.41. The van der Waals surface area contributed by atoms with Crippen molar-refractivity contribution in [3.63, 3.8) is 0 Å². The van der Waals surface area contributed by atoms with Gasteiger partial charge in [-0.3, -0.25) is 9.80 Å². The van der Waals surface area contributed by atoms with Crippen LogP contribution in [0.2, 0.25) is 0 Å². The lowest BCUT2D eigenvalue weighted by atomic mass is 9.96. The van der Waals surface area contributed by atoms with Gasteiger partial charge < -0.3 is 5.32 Å². The summed E-state index contributed by atoms with van der Waals surface area (Å²) in [5.74, 6) is 0.822. The maximum Gasteiger partial charge on any atom is 0.0248 e. The molecule has 3 nitrogen and oxygen atoms in total. The fourth-order valence-corrected chi connectivity index (χ4v) is 3.80. The fourth-order valence-electron chi connectivity index (χ4n) is 3.80. The molecule has 2 aliphatic heterocycles. The summed E-state index contributed by atoms with van der Waals surface area (Å²) in [5, 5.41) is 3.50. The smallest absolute Gasteiger partial charge is 0.0248 e. The van der Waals surface area contributed by atoms with Gasteiger partial charge in [-0.25, -0.2) is 0 Å². The Hall–Kier alpha value is -0.120. The van der Waals surface area contributed by atoms with E-state index in [-0.39, 0.29) is 0 Å². The quantitative estimate of drug-likeness (QED) is 0.842. The van der Waals surface area contributed by atoms with E-state index in [2.05, 4.69) is 35.9 Å². The van der Waals surface area contributed by atoms with E-state index in [0.29, 0.717) is 0 Å². The monoisotopic (exact) mass is 267 g/mol. The lowest BCUT2D eigenvalue weighted by molar-refractivity contribution is 0.105. The van der Waals surface area contributed by atoms with Crippen molar-refractivity contribution in [3.8, 4) is 0 Å². The number of rotatable bonds is 4. The Kier molecular flexibility index (Phi) is 6.11. The second kappa shape index (κ2) is 7.61. The minimum atomic E-state index is 0.771. The van der Waals surface area contributed by atoms with Crippen molar-refractivity contribution in [1.82, 2.24) is 15.1 Å². The summed E-state index contributed by atoms with van der Waals surface area (Å²) >= 11 is 0. The van der Waals surface area contributed by atoms with Crippen molar-refractivity contribution < 1.29 is 0 Å². The SMILES string of the molecule is CCC(C)C1CN(C2CCNCC2)CCCN1CC. The molecule has 2 aliphatic rings. The average molecular weight is 267 g/mol. The standard InChI is InChI=1S/C16H33N3/c1-4-14(3)16-13-19(12-6-11-18(16)5-2)15-7-9-17-10-8-15/h14-17H,4-13H2,1-3H3. The van der Waals surface area contributed by atoms with Crippen LogP contribution < -0.4 is 5.32 Å². The zero-order valence-corrected chi connectivity index (χ0v) is 13.2. The summed E-state index contributed by atoms with van der Waals surface area (Å²) in [6, 6.07) is 1.61. The maximum atomic E-state index is 3.50.